The lowest BCUT2D eigenvalue weighted by molar-refractivity contribution is -0.116. The first-order valence-electron chi connectivity index (χ1n) is 6.94. The Kier molecular flexibility index (Phi) is 6.94. The van der Waals surface area contributed by atoms with Crippen molar-refractivity contribution in [2.24, 2.45) is 0 Å². The quantitative estimate of drug-likeness (QED) is 0.834. The lowest BCUT2D eigenvalue weighted by Gasteiger charge is -2.22. The summed E-state index contributed by atoms with van der Waals surface area (Å²) in [5, 5.41) is 20.2. The molecule has 1 N–H and O–H groups in total. The first kappa shape index (κ1) is 16.7. The lowest BCUT2D eigenvalue weighted by Crippen LogP contribution is -2.30. The fourth-order valence-electron chi connectivity index (χ4n) is 1.89. The van der Waals surface area contributed by atoms with E-state index < -0.39 is 0 Å². The van der Waals surface area contributed by atoms with Crippen molar-refractivity contribution in [1.82, 2.24) is 4.90 Å². The third kappa shape index (κ3) is 6.07. The maximum Gasteiger partial charge on any atom is 0.224 e. The van der Waals surface area contributed by atoms with E-state index in [9.17, 15) is 4.79 Å². The molecule has 0 fully saturated rings. The molecule has 110 valence electrons. The van der Waals surface area contributed by atoms with E-state index in [1.54, 1.807) is 24.3 Å². The Bertz CT molecular complexity index is 556. The molecule has 0 aliphatic carbocycles. The molecule has 0 saturated carbocycles. The zero-order valence-corrected chi connectivity index (χ0v) is 12.5. The Morgan fingerprint density at radius 3 is 2.86 bits per heavy atom. The van der Waals surface area contributed by atoms with Crippen LogP contribution in [0.2, 0.25) is 0 Å². The number of benzene rings is 1. The standard InChI is InChI=1S/C16H20N4O/c1-13(8-9-17)20(2)10-4-7-16(21)19-15-6-3-5-14(11-15)12-18/h3,5-6,11,13H,4,7-8,10H2,1-2H3,(H,19,21). The Morgan fingerprint density at radius 1 is 1.43 bits per heavy atom. The van der Waals surface area contributed by atoms with E-state index in [0.29, 0.717) is 24.1 Å². The van der Waals surface area contributed by atoms with Gasteiger partial charge in [0.1, 0.15) is 0 Å². The minimum Gasteiger partial charge on any atom is -0.326 e. The van der Waals surface area contributed by atoms with E-state index in [2.05, 4.69) is 16.3 Å². The van der Waals surface area contributed by atoms with Gasteiger partial charge >= 0.3 is 0 Å². The van der Waals surface area contributed by atoms with Gasteiger partial charge in [-0.3, -0.25) is 4.79 Å². The Labute approximate surface area is 125 Å². The second-order valence-corrected chi connectivity index (χ2v) is 5.04. The molecule has 0 heterocycles. The maximum atomic E-state index is 11.8. The number of carbonyl (C=O) groups excluding carboxylic acids is 1. The largest absolute Gasteiger partial charge is 0.326 e. The summed E-state index contributed by atoms with van der Waals surface area (Å²) in [5.74, 6) is -0.0635. The van der Waals surface area contributed by atoms with Crippen molar-refractivity contribution in [1.29, 1.82) is 10.5 Å². The first-order valence-corrected chi connectivity index (χ1v) is 6.94. The molecule has 1 aromatic rings. The zero-order valence-electron chi connectivity index (χ0n) is 12.5. The van der Waals surface area contributed by atoms with Gasteiger partial charge in [-0.05, 0) is 45.1 Å². The third-order valence-corrected chi connectivity index (χ3v) is 3.33. The van der Waals surface area contributed by atoms with Crippen LogP contribution in [0.1, 0.15) is 31.7 Å². The van der Waals surface area contributed by atoms with E-state index >= 15 is 0 Å². The number of amides is 1. The van der Waals surface area contributed by atoms with Crippen LogP contribution in [-0.2, 0) is 4.79 Å². The van der Waals surface area contributed by atoms with Crippen molar-refractivity contribution in [3.8, 4) is 12.1 Å². The van der Waals surface area contributed by atoms with E-state index in [4.69, 9.17) is 10.5 Å². The molecular weight excluding hydrogens is 264 g/mol. The summed E-state index contributed by atoms with van der Waals surface area (Å²) in [5.41, 5.74) is 1.17. The second-order valence-electron chi connectivity index (χ2n) is 5.04. The Hall–Kier alpha value is -2.37. The SMILES string of the molecule is CC(CC#N)N(C)CCCC(=O)Nc1cccc(C#N)c1. The topological polar surface area (TPSA) is 79.9 Å². The number of carbonyl (C=O) groups is 1. The van der Waals surface area contributed by atoms with Gasteiger partial charge in [-0.25, -0.2) is 0 Å². The molecule has 0 saturated heterocycles. The van der Waals surface area contributed by atoms with Crippen molar-refractivity contribution >= 4 is 11.6 Å². The summed E-state index contributed by atoms with van der Waals surface area (Å²) >= 11 is 0. The Morgan fingerprint density at radius 2 is 2.19 bits per heavy atom. The highest BCUT2D eigenvalue weighted by Crippen LogP contribution is 2.10. The molecule has 1 aromatic carbocycles. The van der Waals surface area contributed by atoms with Crippen LogP contribution in [0.15, 0.2) is 24.3 Å². The van der Waals surface area contributed by atoms with E-state index in [-0.39, 0.29) is 11.9 Å². The molecule has 0 bridgehead atoms. The van der Waals surface area contributed by atoms with Crippen molar-refractivity contribution in [2.45, 2.75) is 32.2 Å². The number of nitrogens with zero attached hydrogens (tertiary/aromatic N) is 3. The van der Waals surface area contributed by atoms with Crippen LogP contribution in [0.5, 0.6) is 0 Å². The summed E-state index contributed by atoms with van der Waals surface area (Å²) in [6.07, 6.45) is 1.64. The van der Waals surface area contributed by atoms with Crippen molar-refractivity contribution in [2.75, 3.05) is 18.9 Å². The fraction of sp³-hybridized carbons (Fsp3) is 0.438. The molecule has 1 atom stereocenters. The number of hydrogen-bond donors (Lipinski definition) is 1. The normalized spacial score (nSPS) is 11.5. The molecule has 0 aliphatic rings. The van der Waals surface area contributed by atoms with Crippen molar-refractivity contribution in [3.63, 3.8) is 0 Å². The Balaban J connectivity index is 2.35. The molecule has 1 rings (SSSR count). The molecule has 1 unspecified atom stereocenters. The molecule has 0 spiro atoms. The molecule has 0 aliphatic heterocycles. The van der Waals surface area contributed by atoms with Crippen LogP contribution < -0.4 is 5.32 Å². The number of nitriles is 2. The van der Waals surface area contributed by atoms with Gasteiger partial charge in [0.2, 0.25) is 5.91 Å². The number of nitrogens with one attached hydrogen (secondary N) is 1. The molecule has 5 heteroatoms. The summed E-state index contributed by atoms with van der Waals surface area (Å²) in [6, 6.07) is 11.2. The molecular formula is C16H20N4O. The predicted octanol–water partition coefficient (Wildman–Crippen LogP) is 2.51. The highest BCUT2D eigenvalue weighted by Gasteiger charge is 2.09. The van der Waals surface area contributed by atoms with Gasteiger partial charge < -0.3 is 10.2 Å². The average Bonchev–Trinajstić information content (AvgIpc) is 2.47. The monoisotopic (exact) mass is 284 g/mol. The molecule has 0 radical (unpaired) electrons. The summed E-state index contributed by atoms with van der Waals surface area (Å²) < 4.78 is 0. The third-order valence-electron chi connectivity index (χ3n) is 3.33. The predicted molar refractivity (Wildman–Crippen MR) is 81.3 cm³/mol. The first-order chi connectivity index (χ1) is 10.1. The minimum absolute atomic E-state index is 0.0635. The van der Waals surface area contributed by atoms with Gasteiger partial charge in [0.05, 0.1) is 24.1 Å². The van der Waals surface area contributed by atoms with E-state index in [1.165, 1.54) is 0 Å². The second kappa shape index (κ2) is 8.73. The van der Waals surface area contributed by atoms with Crippen molar-refractivity contribution < 1.29 is 4.79 Å². The van der Waals surface area contributed by atoms with Gasteiger partial charge in [0.25, 0.3) is 0 Å². The smallest absolute Gasteiger partial charge is 0.224 e. The summed E-state index contributed by atoms with van der Waals surface area (Å²) in [6.45, 7) is 2.77. The summed E-state index contributed by atoms with van der Waals surface area (Å²) in [4.78, 5) is 13.9. The van der Waals surface area contributed by atoms with Gasteiger partial charge in [-0.2, -0.15) is 10.5 Å². The van der Waals surface area contributed by atoms with Gasteiger partial charge in [-0.1, -0.05) is 6.07 Å². The highest BCUT2D eigenvalue weighted by atomic mass is 16.1. The van der Waals surface area contributed by atoms with Crippen LogP contribution in [-0.4, -0.2) is 30.4 Å². The lowest BCUT2D eigenvalue weighted by atomic mass is 10.2. The van der Waals surface area contributed by atoms with Gasteiger partial charge in [0.15, 0.2) is 0 Å². The minimum atomic E-state index is -0.0635. The van der Waals surface area contributed by atoms with Gasteiger partial charge in [-0.15, -0.1) is 0 Å². The van der Waals surface area contributed by atoms with Crippen LogP contribution in [0.25, 0.3) is 0 Å². The van der Waals surface area contributed by atoms with E-state index in [0.717, 1.165) is 13.0 Å². The van der Waals surface area contributed by atoms with Crippen molar-refractivity contribution in [3.05, 3.63) is 29.8 Å². The zero-order chi connectivity index (χ0) is 15.7. The molecule has 5 nitrogen and oxygen atoms in total. The van der Waals surface area contributed by atoms with Gasteiger partial charge in [0, 0.05) is 18.2 Å². The number of hydrogen-bond acceptors (Lipinski definition) is 4. The number of rotatable bonds is 7. The summed E-state index contributed by atoms with van der Waals surface area (Å²) in [7, 11) is 1.95. The molecule has 21 heavy (non-hydrogen) atoms. The van der Waals surface area contributed by atoms with Crippen LogP contribution >= 0.6 is 0 Å². The maximum absolute atomic E-state index is 11.8. The van der Waals surface area contributed by atoms with Crippen LogP contribution in [0, 0.1) is 22.7 Å². The molecule has 0 aromatic heterocycles. The highest BCUT2D eigenvalue weighted by molar-refractivity contribution is 5.90. The average molecular weight is 284 g/mol. The van der Waals surface area contributed by atoms with Crippen LogP contribution in [0.4, 0.5) is 5.69 Å². The van der Waals surface area contributed by atoms with E-state index in [1.807, 2.05) is 20.0 Å². The molecule has 1 amide bonds. The fourth-order valence-corrected chi connectivity index (χ4v) is 1.89. The number of anilines is 1. The van der Waals surface area contributed by atoms with Crippen LogP contribution in [0.3, 0.4) is 0 Å².